The molecular formula is C14H22N4O2. The largest absolute Gasteiger partial charge is 0.396 e. The third kappa shape index (κ3) is 4.38. The zero-order valence-corrected chi connectivity index (χ0v) is 11.6. The molecule has 2 rings (SSSR count). The van der Waals surface area contributed by atoms with Crippen molar-refractivity contribution < 1.29 is 9.53 Å². The van der Waals surface area contributed by atoms with Crippen LogP contribution >= 0.6 is 0 Å². The van der Waals surface area contributed by atoms with Crippen molar-refractivity contribution in [3.05, 3.63) is 18.3 Å². The normalized spacial score (nSPS) is 17.9. The highest BCUT2D eigenvalue weighted by Gasteiger charge is 2.22. The van der Waals surface area contributed by atoms with Gasteiger partial charge in [-0.1, -0.05) is 0 Å². The molecule has 4 N–H and O–H groups in total. The summed E-state index contributed by atoms with van der Waals surface area (Å²) in [7, 11) is 0. The molecule has 1 aromatic heterocycles. The van der Waals surface area contributed by atoms with Crippen LogP contribution in [-0.4, -0.2) is 36.7 Å². The Balaban J connectivity index is 1.53. The molecule has 0 radical (unpaired) electrons. The second-order valence-electron chi connectivity index (χ2n) is 4.87. The van der Waals surface area contributed by atoms with E-state index in [1.54, 1.807) is 12.3 Å². The fourth-order valence-corrected chi connectivity index (χ4v) is 2.13. The van der Waals surface area contributed by atoms with Crippen molar-refractivity contribution in [3.63, 3.8) is 0 Å². The zero-order chi connectivity index (χ0) is 14.2. The molecule has 1 aromatic rings. The first kappa shape index (κ1) is 14.6. The number of pyridine rings is 1. The standard InChI is InChI=1S/C14H22N4O2/c15-11-5-3-9-17-13(11)16-7-1-2-8-18-14(19)12-6-4-10-20-12/h3,5,9,12H,1-2,4,6-8,10,15H2,(H,16,17)(H,18,19). The summed E-state index contributed by atoms with van der Waals surface area (Å²) in [5, 5.41) is 6.09. The minimum absolute atomic E-state index is 0.0180. The van der Waals surface area contributed by atoms with Gasteiger partial charge in [-0.05, 0) is 37.8 Å². The molecular weight excluding hydrogens is 256 g/mol. The molecule has 1 unspecified atom stereocenters. The maximum absolute atomic E-state index is 11.7. The van der Waals surface area contributed by atoms with Gasteiger partial charge in [0.05, 0.1) is 5.69 Å². The molecule has 110 valence electrons. The van der Waals surface area contributed by atoms with E-state index < -0.39 is 0 Å². The Morgan fingerprint density at radius 3 is 3.05 bits per heavy atom. The highest BCUT2D eigenvalue weighted by atomic mass is 16.5. The average molecular weight is 278 g/mol. The van der Waals surface area contributed by atoms with Crippen LogP contribution in [0, 0.1) is 0 Å². The Morgan fingerprint density at radius 2 is 2.30 bits per heavy atom. The van der Waals surface area contributed by atoms with Crippen LogP contribution in [0.3, 0.4) is 0 Å². The minimum Gasteiger partial charge on any atom is -0.396 e. The molecule has 2 heterocycles. The van der Waals surface area contributed by atoms with Gasteiger partial charge in [0.2, 0.25) is 5.91 Å². The van der Waals surface area contributed by atoms with E-state index in [-0.39, 0.29) is 12.0 Å². The predicted molar refractivity (Wildman–Crippen MR) is 78.4 cm³/mol. The van der Waals surface area contributed by atoms with Crippen LogP contribution in [0.4, 0.5) is 11.5 Å². The lowest BCUT2D eigenvalue weighted by Gasteiger charge is -2.11. The number of carbonyl (C=O) groups excluding carboxylic acids is 1. The number of anilines is 2. The third-order valence-electron chi connectivity index (χ3n) is 3.26. The van der Waals surface area contributed by atoms with Crippen molar-refractivity contribution >= 4 is 17.4 Å². The lowest BCUT2D eigenvalue weighted by molar-refractivity contribution is -0.130. The van der Waals surface area contributed by atoms with Crippen LogP contribution in [0.1, 0.15) is 25.7 Å². The maximum Gasteiger partial charge on any atom is 0.249 e. The molecule has 6 heteroatoms. The summed E-state index contributed by atoms with van der Waals surface area (Å²) in [5.74, 6) is 0.736. The van der Waals surface area contributed by atoms with E-state index in [1.165, 1.54) is 0 Å². The van der Waals surface area contributed by atoms with Gasteiger partial charge in [-0.2, -0.15) is 0 Å². The summed E-state index contributed by atoms with van der Waals surface area (Å²) in [6.45, 7) is 2.17. The van der Waals surface area contributed by atoms with Crippen molar-refractivity contribution in [3.8, 4) is 0 Å². The maximum atomic E-state index is 11.7. The number of carbonyl (C=O) groups is 1. The van der Waals surface area contributed by atoms with Gasteiger partial charge in [0.15, 0.2) is 0 Å². The van der Waals surface area contributed by atoms with E-state index in [0.717, 1.165) is 38.0 Å². The Kier molecular flexibility index (Phi) is 5.61. The first-order valence-electron chi connectivity index (χ1n) is 7.11. The van der Waals surface area contributed by atoms with E-state index in [9.17, 15) is 4.79 Å². The van der Waals surface area contributed by atoms with Gasteiger partial charge in [0, 0.05) is 25.9 Å². The predicted octanol–water partition coefficient (Wildman–Crippen LogP) is 1.15. The number of amides is 1. The average Bonchev–Trinajstić information content (AvgIpc) is 2.98. The van der Waals surface area contributed by atoms with E-state index >= 15 is 0 Å². The highest BCUT2D eigenvalue weighted by molar-refractivity contribution is 5.80. The number of nitrogens with zero attached hydrogens (tertiary/aromatic N) is 1. The quantitative estimate of drug-likeness (QED) is 0.651. The van der Waals surface area contributed by atoms with E-state index in [4.69, 9.17) is 10.5 Å². The topological polar surface area (TPSA) is 89.3 Å². The lowest BCUT2D eigenvalue weighted by Crippen LogP contribution is -2.34. The molecule has 0 spiro atoms. The molecule has 1 aliphatic heterocycles. The number of nitrogens with two attached hydrogens (primary N) is 1. The van der Waals surface area contributed by atoms with Gasteiger partial charge in [-0.15, -0.1) is 0 Å². The number of rotatable bonds is 7. The first-order valence-corrected chi connectivity index (χ1v) is 7.11. The summed E-state index contributed by atoms with van der Waals surface area (Å²) in [4.78, 5) is 15.8. The monoisotopic (exact) mass is 278 g/mol. The van der Waals surface area contributed by atoms with Crippen molar-refractivity contribution in [2.45, 2.75) is 31.8 Å². The second kappa shape index (κ2) is 7.69. The number of unbranched alkanes of at least 4 members (excludes halogenated alkanes) is 1. The van der Waals surface area contributed by atoms with Gasteiger partial charge in [-0.25, -0.2) is 4.98 Å². The molecule has 1 aliphatic rings. The minimum atomic E-state index is -0.235. The fourth-order valence-electron chi connectivity index (χ4n) is 2.13. The van der Waals surface area contributed by atoms with Crippen molar-refractivity contribution in [1.82, 2.24) is 10.3 Å². The van der Waals surface area contributed by atoms with Crippen LogP contribution in [0.2, 0.25) is 0 Å². The number of hydrogen-bond acceptors (Lipinski definition) is 5. The Morgan fingerprint density at radius 1 is 1.45 bits per heavy atom. The zero-order valence-electron chi connectivity index (χ0n) is 11.6. The van der Waals surface area contributed by atoms with E-state index in [0.29, 0.717) is 18.8 Å². The molecule has 20 heavy (non-hydrogen) atoms. The summed E-state index contributed by atoms with van der Waals surface area (Å²) in [6.07, 6.45) is 5.15. The van der Waals surface area contributed by atoms with Gasteiger partial charge < -0.3 is 21.1 Å². The number of hydrogen-bond donors (Lipinski definition) is 3. The Hall–Kier alpha value is -1.82. The number of aromatic nitrogens is 1. The summed E-state index contributed by atoms with van der Waals surface area (Å²) < 4.78 is 5.32. The van der Waals surface area contributed by atoms with Crippen LogP contribution < -0.4 is 16.4 Å². The summed E-state index contributed by atoms with van der Waals surface area (Å²) in [5.41, 5.74) is 6.43. The molecule has 1 atom stereocenters. The SMILES string of the molecule is Nc1cccnc1NCCCCNC(=O)C1CCCO1. The Labute approximate surface area is 119 Å². The third-order valence-corrected chi connectivity index (χ3v) is 3.26. The van der Waals surface area contributed by atoms with E-state index in [2.05, 4.69) is 15.6 Å². The van der Waals surface area contributed by atoms with Crippen LogP contribution in [0.25, 0.3) is 0 Å². The first-order chi connectivity index (χ1) is 9.77. The van der Waals surface area contributed by atoms with Gasteiger partial charge in [-0.3, -0.25) is 4.79 Å². The summed E-state index contributed by atoms with van der Waals surface area (Å²) >= 11 is 0. The number of nitrogen functional groups attached to an aromatic ring is 1. The van der Waals surface area contributed by atoms with Gasteiger partial charge >= 0.3 is 0 Å². The van der Waals surface area contributed by atoms with Crippen LogP contribution in [0.5, 0.6) is 0 Å². The second-order valence-corrected chi connectivity index (χ2v) is 4.87. The summed E-state index contributed by atoms with van der Waals surface area (Å²) in [6, 6.07) is 3.62. The molecule has 1 amide bonds. The number of nitrogens with one attached hydrogen (secondary N) is 2. The van der Waals surface area contributed by atoms with Crippen molar-refractivity contribution in [2.75, 3.05) is 30.7 Å². The van der Waals surface area contributed by atoms with Gasteiger partial charge in [0.1, 0.15) is 11.9 Å². The van der Waals surface area contributed by atoms with Crippen molar-refractivity contribution in [1.29, 1.82) is 0 Å². The molecule has 6 nitrogen and oxygen atoms in total. The number of ether oxygens (including phenoxy) is 1. The fraction of sp³-hybridized carbons (Fsp3) is 0.571. The molecule has 1 saturated heterocycles. The molecule has 0 bridgehead atoms. The molecule has 0 aliphatic carbocycles. The van der Waals surface area contributed by atoms with Gasteiger partial charge in [0.25, 0.3) is 0 Å². The van der Waals surface area contributed by atoms with Crippen molar-refractivity contribution in [2.24, 2.45) is 0 Å². The Bertz CT molecular complexity index is 433. The molecule has 0 saturated carbocycles. The smallest absolute Gasteiger partial charge is 0.249 e. The van der Waals surface area contributed by atoms with Crippen LogP contribution in [0.15, 0.2) is 18.3 Å². The highest BCUT2D eigenvalue weighted by Crippen LogP contribution is 2.13. The van der Waals surface area contributed by atoms with E-state index in [1.807, 2.05) is 6.07 Å². The molecule has 0 aromatic carbocycles. The lowest BCUT2D eigenvalue weighted by atomic mass is 10.2. The molecule has 1 fully saturated rings. The van der Waals surface area contributed by atoms with Crippen LogP contribution in [-0.2, 0) is 9.53 Å².